The van der Waals surface area contributed by atoms with E-state index in [0.29, 0.717) is 17.6 Å². The van der Waals surface area contributed by atoms with Crippen LogP contribution in [0.2, 0.25) is 0 Å². The molecule has 25 heavy (non-hydrogen) atoms. The monoisotopic (exact) mass is 348 g/mol. The summed E-state index contributed by atoms with van der Waals surface area (Å²) in [4.78, 5) is 4.01. The third kappa shape index (κ3) is 4.12. The SMILES string of the molecule is COc1ccc(COCC(O)Cn2cnc3cc(F)c(F)cc32)cc1. The highest BCUT2D eigenvalue weighted by Gasteiger charge is 2.12. The summed E-state index contributed by atoms with van der Waals surface area (Å²) in [7, 11) is 1.60. The predicted molar refractivity (Wildman–Crippen MR) is 88.3 cm³/mol. The van der Waals surface area contributed by atoms with Crippen molar-refractivity contribution in [3.8, 4) is 5.75 Å². The number of aromatic nitrogens is 2. The first-order chi connectivity index (χ1) is 12.1. The first kappa shape index (κ1) is 17.3. The molecule has 0 saturated heterocycles. The van der Waals surface area contributed by atoms with Gasteiger partial charge in [0.05, 0.1) is 50.3 Å². The second kappa shape index (κ2) is 7.58. The van der Waals surface area contributed by atoms with Gasteiger partial charge in [0.25, 0.3) is 0 Å². The van der Waals surface area contributed by atoms with Gasteiger partial charge in [0.2, 0.25) is 0 Å². The molecule has 1 N–H and O–H groups in total. The molecule has 1 unspecified atom stereocenters. The molecule has 1 aromatic heterocycles. The van der Waals surface area contributed by atoms with Crippen molar-refractivity contribution in [3.63, 3.8) is 0 Å². The van der Waals surface area contributed by atoms with Crippen molar-refractivity contribution in [1.82, 2.24) is 9.55 Å². The molecule has 7 heteroatoms. The zero-order valence-electron chi connectivity index (χ0n) is 13.7. The zero-order valence-corrected chi connectivity index (χ0v) is 13.7. The number of nitrogens with zero attached hydrogens (tertiary/aromatic N) is 2. The predicted octanol–water partition coefficient (Wildman–Crippen LogP) is 2.90. The van der Waals surface area contributed by atoms with Crippen LogP contribution in [-0.4, -0.2) is 34.5 Å². The van der Waals surface area contributed by atoms with Crippen LogP contribution < -0.4 is 4.74 Å². The molecular formula is C18H18F2N2O3. The average Bonchev–Trinajstić information content (AvgIpc) is 2.97. The van der Waals surface area contributed by atoms with Gasteiger partial charge in [0.15, 0.2) is 11.6 Å². The molecule has 0 fully saturated rings. The number of aliphatic hydroxyl groups is 1. The lowest BCUT2D eigenvalue weighted by molar-refractivity contribution is 0.0208. The average molecular weight is 348 g/mol. The Hall–Kier alpha value is -2.51. The highest BCUT2D eigenvalue weighted by molar-refractivity contribution is 5.75. The molecule has 3 rings (SSSR count). The lowest BCUT2D eigenvalue weighted by atomic mass is 10.2. The van der Waals surface area contributed by atoms with Gasteiger partial charge in [-0.25, -0.2) is 13.8 Å². The number of aliphatic hydroxyl groups excluding tert-OH is 1. The molecular weight excluding hydrogens is 330 g/mol. The number of fused-ring (bicyclic) bond motifs is 1. The van der Waals surface area contributed by atoms with Crippen LogP contribution in [0.3, 0.4) is 0 Å². The molecule has 1 atom stereocenters. The van der Waals surface area contributed by atoms with E-state index in [-0.39, 0.29) is 13.2 Å². The fourth-order valence-electron chi connectivity index (χ4n) is 2.51. The summed E-state index contributed by atoms with van der Waals surface area (Å²) in [5.41, 5.74) is 1.72. The van der Waals surface area contributed by atoms with Crippen molar-refractivity contribution in [2.45, 2.75) is 19.3 Å². The Morgan fingerprint density at radius 3 is 2.60 bits per heavy atom. The minimum absolute atomic E-state index is 0.107. The van der Waals surface area contributed by atoms with Crippen LogP contribution in [0.25, 0.3) is 11.0 Å². The number of halogens is 2. The van der Waals surface area contributed by atoms with Crippen LogP contribution in [0.4, 0.5) is 8.78 Å². The number of benzene rings is 2. The number of imidazole rings is 1. The van der Waals surface area contributed by atoms with Crippen LogP contribution in [-0.2, 0) is 17.9 Å². The zero-order chi connectivity index (χ0) is 17.8. The Morgan fingerprint density at radius 2 is 1.88 bits per heavy atom. The molecule has 3 aromatic rings. The normalized spacial score (nSPS) is 12.5. The molecule has 0 aliphatic rings. The standard InChI is InChI=1S/C18H18F2N2O3/c1-24-14-4-2-12(3-5-14)9-25-10-13(23)8-22-11-21-17-6-15(19)16(20)7-18(17)22/h2-7,11,13,23H,8-10H2,1H3. The fraction of sp³-hybridized carbons (Fsp3) is 0.278. The Kier molecular flexibility index (Phi) is 5.25. The van der Waals surface area contributed by atoms with Gasteiger partial charge in [-0.05, 0) is 17.7 Å². The molecule has 0 spiro atoms. The summed E-state index contributed by atoms with van der Waals surface area (Å²) in [6, 6.07) is 9.54. The van der Waals surface area contributed by atoms with Gasteiger partial charge in [-0.3, -0.25) is 0 Å². The van der Waals surface area contributed by atoms with Crippen molar-refractivity contribution in [2.24, 2.45) is 0 Å². The van der Waals surface area contributed by atoms with Crippen LogP contribution >= 0.6 is 0 Å². The maximum absolute atomic E-state index is 13.4. The first-order valence-corrected chi connectivity index (χ1v) is 7.75. The van der Waals surface area contributed by atoms with E-state index in [1.54, 1.807) is 11.7 Å². The minimum Gasteiger partial charge on any atom is -0.497 e. The van der Waals surface area contributed by atoms with Crippen molar-refractivity contribution >= 4 is 11.0 Å². The molecule has 1 heterocycles. The Balaban J connectivity index is 1.55. The largest absolute Gasteiger partial charge is 0.497 e. The van der Waals surface area contributed by atoms with Gasteiger partial charge < -0.3 is 19.1 Å². The lowest BCUT2D eigenvalue weighted by Crippen LogP contribution is -2.21. The Morgan fingerprint density at radius 1 is 1.16 bits per heavy atom. The molecule has 0 bridgehead atoms. The topological polar surface area (TPSA) is 56.5 Å². The second-order valence-electron chi connectivity index (χ2n) is 5.67. The number of methoxy groups -OCH3 is 1. The van der Waals surface area contributed by atoms with Crippen LogP contribution in [0.1, 0.15) is 5.56 Å². The molecule has 0 aliphatic heterocycles. The van der Waals surface area contributed by atoms with Crippen molar-refractivity contribution in [2.75, 3.05) is 13.7 Å². The van der Waals surface area contributed by atoms with Crippen molar-refractivity contribution < 1.29 is 23.4 Å². The minimum atomic E-state index is -0.945. The van der Waals surface area contributed by atoms with E-state index in [2.05, 4.69) is 4.98 Å². The lowest BCUT2D eigenvalue weighted by Gasteiger charge is -2.13. The van der Waals surface area contributed by atoms with Gasteiger partial charge in [0, 0.05) is 12.1 Å². The van der Waals surface area contributed by atoms with E-state index in [1.807, 2.05) is 24.3 Å². The molecule has 5 nitrogen and oxygen atoms in total. The van der Waals surface area contributed by atoms with E-state index < -0.39 is 17.7 Å². The quantitative estimate of drug-likeness (QED) is 0.713. The van der Waals surface area contributed by atoms with Gasteiger partial charge in [-0.2, -0.15) is 0 Å². The van der Waals surface area contributed by atoms with E-state index in [0.717, 1.165) is 23.4 Å². The molecule has 0 radical (unpaired) electrons. The molecule has 0 aliphatic carbocycles. The summed E-state index contributed by atoms with van der Waals surface area (Å²) in [6.07, 6.45) is 0.639. The van der Waals surface area contributed by atoms with E-state index in [9.17, 15) is 13.9 Å². The number of ether oxygens (including phenoxy) is 2. The van der Waals surface area contributed by atoms with Gasteiger partial charge in [0.1, 0.15) is 5.75 Å². The van der Waals surface area contributed by atoms with Gasteiger partial charge in [-0.15, -0.1) is 0 Å². The second-order valence-corrected chi connectivity index (χ2v) is 5.67. The molecule has 0 saturated carbocycles. The smallest absolute Gasteiger partial charge is 0.161 e. The highest BCUT2D eigenvalue weighted by atomic mass is 19.2. The van der Waals surface area contributed by atoms with Crippen molar-refractivity contribution in [3.05, 3.63) is 59.9 Å². The number of hydrogen-bond donors (Lipinski definition) is 1. The first-order valence-electron chi connectivity index (χ1n) is 7.75. The van der Waals surface area contributed by atoms with Crippen LogP contribution in [0.5, 0.6) is 5.75 Å². The summed E-state index contributed by atoms with van der Waals surface area (Å²) >= 11 is 0. The van der Waals surface area contributed by atoms with Crippen molar-refractivity contribution in [1.29, 1.82) is 0 Å². The number of hydrogen-bond acceptors (Lipinski definition) is 4. The summed E-state index contributed by atoms with van der Waals surface area (Å²) in [5, 5.41) is 10.1. The van der Waals surface area contributed by atoms with Gasteiger partial charge in [-0.1, -0.05) is 12.1 Å². The summed E-state index contributed by atoms with van der Waals surface area (Å²) in [6.45, 7) is 0.630. The fourth-order valence-corrected chi connectivity index (χ4v) is 2.51. The molecule has 2 aromatic carbocycles. The molecule has 132 valence electrons. The number of rotatable bonds is 7. The Bertz CT molecular complexity index is 849. The van der Waals surface area contributed by atoms with E-state index in [4.69, 9.17) is 9.47 Å². The Labute approximate surface area is 143 Å². The van der Waals surface area contributed by atoms with Crippen LogP contribution in [0.15, 0.2) is 42.7 Å². The summed E-state index contributed by atoms with van der Waals surface area (Å²) in [5.74, 6) is -1.12. The van der Waals surface area contributed by atoms with Crippen LogP contribution in [0, 0.1) is 11.6 Å². The maximum atomic E-state index is 13.4. The van der Waals surface area contributed by atoms with E-state index in [1.165, 1.54) is 6.33 Å². The summed E-state index contributed by atoms with van der Waals surface area (Å²) < 4.78 is 38.7. The third-order valence-electron chi connectivity index (χ3n) is 3.81. The highest BCUT2D eigenvalue weighted by Crippen LogP contribution is 2.18. The van der Waals surface area contributed by atoms with E-state index >= 15 is 0 Å². The third-order valence-corrected chi connectivity index (χ3v) is 3.81. The van der Waals surface area contributed by atoms with Gasteiger partial charge >= 0.3 is 0 Å². The maximum Gasteiger partial charge on any atom is 0.161 e. The molecule has 0 amide bonds.